The zero-order valence-electron chi connectivity index (χ0n) is 12.4. The predicted octanol–water partition coefficient (Wildman–Crippen LogP) is 3.58. The summed E-state index contributed by atoms with van der Waals surface area (Å²) in [6.07, 6.45) is 1.91. The standard InChI is InChI=1S/C16H25NO2/c1-5-12-8-7-9-13(6-2)15(12)17-10-14(11(3)4)16(18)19/h7-9,11,14,17H,5-6,10H2,1-4H3,(H,18,19). The van der Waals surface area contributed by atoms with Crippen LogP contribution < -0.4 is 5.32 Å². The summed E-state index contributed by atoms with van der Waals surface area (Å²) in [4.78, 5) is 11.2. The van der Waals surface area contributed by atoms with Gasteiger partial charge in [-0.15, -0.1) is 0 Å². The fraction of sp³-hybridized carbons (Fsp3) is 0.562. The summed E-state index contributed by atoms with van der Waals surface area (Å²) in [5.41, 5.74) is 3.64. The molecular formula is C16H25NO2. The first-order valence-electron chi connectivity index (χ1n) is 7.08. The van der Waals surface area contributed by atoms with Crippen LogP contribution in [0, 0.1) is 11.8 Å². The van der Waals surface area contributed by atoms with Gasteiger partial charge in [-0.1, -0.05) is 45.9 Å². The fourth-order valence-corrected chi connectivity index (χ4v) is 2.29. The van der Waals surface area contributed by atoms with E-state index in [1.54, 1.807) is 0 Å². The van der Waals surface area contributed by atoms with E-state index >= 15 is 0 Å². The first-order valence-corrected chi connectivity index (χ1v) is 7.08. The van der Waals surface area contributed by atoms with Gasteiger partial charge in [0.25, 0.3) is 0 Å². The Hall–Kier alpha value is -1.51. The quantitative estimate of drug-likeness (QED) is 0.790. The van der Waals surface area contributed by atoms with E-state index in [9.17, 15) is 9.90 Å². The minimum absolute atomic E-state index is 0.129. The molecule has 0 saturated carbocycles. The highest BCUT2D eigenvalue weighted by Crippen LogP contribution is 2.23. The topological polar surface area (TPSA) is 49.3 Å². The first kappa shape index (κ1) is 15.5. The molecule has 0 saturated heterocycles. The van der Waals surface area contributed by atoms with Crippen molar-refractivity contribution < 1.29 is 9.90 Å². The van der Waals surface area contributed by atoms with Gasteiger partial charge in [-0.2, -0.15) is 0 Å². The molecule has 0 radical (unpaired) electrons. The van der Waals surface area contributed by atoms with Crippen LogP contribution in [0.1, 0.15) is 38.8 Å². The molecule has 106 valence electrons. The van der Waals surface area contributed by atoms with Crippen molar-refractivity contribution in [2.24, 2.45) is 11.8 Å². The first-order chi connectivity index (χ1) is 9.01. The maximum absolute atomic E-state index is 11.2. The van der Waals surface area contributed by atoms with E-state index in [1.807, 2.05) is 13.8 Å². The maximum Gasteiger partial charge on any atom is 0.308 e. The minimum Gasteiger partial charge on any atom is -0.481 e. The second-order valence-electron chi connectivity index (χ2n) is 5.23. The van der Waals surface area contributed by atoms with Crippen molar-refractivity contribution in [3.05, 3.63) is 29.3 Å². The van der Waals surface area contributed by atoms with Crippen molar-refractivity contribution in [3.63, 3.8) is 0 Å². The van der Waals surface area contributed by atoms with E-state index in [2.05, 4.69) is 37.4 Å². The van der Waals surface area contributed by atoms with Crippen molar-refractivity contribution in [1.29, 1.82) is 0 Å². The molecule has 1 aromatic rings. The van der Waals surface area contributed by atoms with Gasteiger partial charge in [0.15, 0.2) is 0 Å². The van der Waals surface area contributed by atoms with Gasteiger partial charge in [0.05, 0.1) is 5.92 Å². The van der Waals surface area contributed by atoms with Gasteiger partial charge in [-0.25, -0.2) is 0 Å². The second-order valence-corrected chi connectivity index (χ2v) is 5.23. The lowest BCUT2D eigenvalue weighted by Gasteiger charge is -2.20. The summed E-state index contributed by atoms with van der Waals surface area (Å²) in [6, 6.07) is 6.28. The van der Waals surface area contributed by atoms with Gasteiger partial charge in [0.1, 0.15) is 0 Å². The number of benzene rings is 1. The van der Waals surface area contributed by atoms with Crippen LogP contribution in [0.3, 0.4) is 0 Å². The van der Waals surface area contributed by atoms with Gasteiger partial charge >= 0.3 is 5.97 Å². The van der Waals surface area contributed by atoms with Crippen LogP contribution in [0.2, 0.25) is 0 Å². The number of hydrogen-bond acceptors (Lipinski definition) is 2. The van der Waals surface area contributed by atoms with Crippen LogP contribution in [0.15, 0.2) is 18.2 Å². The SMILES string of the molecule is CCc1cccc(CC)c1NCC(C(=O)O)C(C)C. The maximum atomic E-state index is 11.2. The van der Waals surface area contributed by atoms with Gasteiger partial charge in [-0.05, 0) is 29.9 Å². The summed E-state index contributed by atoms with van der Waals surface area (Å²) in [7, 11) is 0. The number of carboxylic acid groups (broad SMARTS) is 1. The van der Waals surface area contributed by atoms with Gasteiger partial charge in [0, 0.05) is 12.2 Å². The van der Waals surface area contributed by atoms with Gasteiger partial charge < -0.3 is 10.4 Å². The monoisotopic (exact) mass is 263 g/mol. The normalized spacial score (nSPS) is 12.5. The largest absolute Gasteiger partial charge is 0.481 e. The third-order valence-electron chi connectivity index (χ3n) is 3.62. The van der Waals surface area contributed by atoms with Crippen LogP contribution in [-0.2, 0) is 17.6 Å². The number of aryl methyl sites for hydroxylation is 2. The molecule has 0 aliphatic carbocycles. The molecule has 1 atom stereocenters. The lowest BCUT2D eigenvalue weighted by Crippen LogP contribution is -2.28. The highest BCUT2D eigenvalue weighted by Gasteiger charge is 2.21. The Balaban J connectivity index is 2.89. The number of rotatable bonds is 7. The molecule has 2 N–H and O–H groups in total. The Labute approximate surface area is 116 Å². The Bertz CT molecular complexity index is 405. The molecule has 0 fully saturated rings. The van der Waals surface area contributed by atoms with Crippen LogP contribution in [0.25, 0.3) is 0 Å². The molecule has 0 aliphatic rings. The van der Waals surface area contributed by atoms with E-state index in [1.165, 1.54) is 11.1 Å². The summed E-state index contributed by atoms with van der Waals surface area (Å²) >= 11 is 0. The third-order valence-corrected chi connectivity index (χ3v) is 3.62. The van der Waals surface area contributed by atoms with Crippen molar-refractivity contribution in [2.45, 2.75) is 40.5 Å². The minimum atomic E-state index is -0.727. The van der Waals surface area contributed by atoms with Crippen LogP contribution in [-0.4, -0.2) is 17.6 Å². The molecule has 1 rings (SSSR count). The van der Waals surface area contributed by atoms with E-state index in [-0.39, 0.29) is 11.8 Å². The molecule has 1 unspecified atom stereocenters. The van der Waals surface area contributed by atoms with Gasteiger partial charge in [-0.3, -0.25) is 4.79 Å². The second kappa shape index (κ2) is 7.17. The number of carbonyl (C=O) groups is 1. The van der Waals surface area contributed by atoms with E-state index in [0.29, 0.717) is 6.54 Å². The Morgan fingerprint density at radius 2 is 1.74 bits per heavy atom. The van der Waals surface area contributed by atoms with Crippen molar-refractivity contribution >= 4 is 11.7 Å². The van der Waals surface area contributed by atoms with E-state index in [4.69, 9.17) is 0 Å². The zero-order valence-corrected chi connectivity index (χ0v) is 12.4. The third kappa shape index (κ3) is 3.98. The molecular weight excluding hydrogens is 238 g/mol. The number of nitrogens with one attached hydrogen (secondary N) is 1. The summed E-state index contributed by atoms with van der Waals surface area (Å²) in [5, 5.41) is 12.6. The smallest absolute Gasteiger partial charge is 0.308 e. The zero-order chi connectivity index (χ0) is 14.4. The number of anilines is 1. The molecule has 0 aromatic heterocycles. The molecule has 0 aliphatic heterocycles. The molecule has 3 heteroatoms. The Kier molecular flexibility index (Phi) is 5.87. The number of carboxylic acids is 1. The number of aliphatic carboxylic acids is 1. The van der Waals surface area contributed by atoms with Crippen LogP contribution >= 0.6 is 0 Å². The summed E-state index contributed by atoms with van der Waals surface area (Å²) in [6.45, 7) is 8.63. The molecule has 1 aromatic carbocycles. The molecule has 3 nitrogen and oxygen atoms in total. The molecule has 0 heterocycles. The van der Waals surface area contributed by atoms with Crippen molar-refractivity contribution in [2.75, 3.05) is 11.9 Å². The highest BCUT2D eigenvalue weighted by atomic mass is 16.4. The number of para-hydroxylation sites is 1. The predicted molar refractivity (Wildman–Crippen MR) is 79.7 cm³/mol. The Morgan fingerprint density at radius 1 is 1.21 bits per heavy atom. The van der Waals surface area contributed by atoms with Gasteiger partial charge in [0.2, 0.25) is 0 Å². The molecule has 0 spiro atoms. The average molecular weight is 263 g/mol. The van der Waals surface area contributed by atoms with Crippen LogP contribution in [0.5, 0.6) is 0 Å². The van der Waals surface area contributed by atoms with Crippen molar-refractivity contribution in [3.8, 4) is 0 Å². The molecule has 19 heavy (non-hydrogen) atoms. The van der Waals surface area contributed by atoms with Crippen LogP contribution in [0.4, 0.5) is 5.69 Å². The fourth-order valence-electron chi connectivity index (χ4n) is 2.29. The summed E-state index contributed by atoms with van der Waals surface area (Å²) in [5.74, 6) is -0.951. The average Bonchev–Trinajstić information content (AvgIpc) is 2.37. The van der Waals surface area contributed by atoms with E-state index in [0.717, 1.165) is 18.5 Å². The van der Waals surface area contributed by atoms with Crippen molar-refractivity contribution in [1.82, 2.24) is 0 Å². The lowest BCUT2D eigenvalue weighted by molar-refractivity contribution is -0.142. The summed E-state index contributed by atoms with van der Waals surface area (Å²) < 4.78 is 0. The lowest BCUT2D eigenvalue weighted by atomic mass is 9.95. The number of hydrogen-bond donors (Lipinski definition) is 2. The van der Waals surface area contributed by atoms with E-state index < -0.39 is 5.97 Å². The Morgan fingerprint density at radius 3 is 2.11 bits per heavy atom. The molecule has 0 amide bonds. The molecule has 0 bridgehead atoms. The highest BCUT2D eigenvalue weighted by molar-refractivity contribution is 5.71.